The second kappa shape index (κ2) is 6.48. The van der Waals surface area contributed by atoms with Crippen LogP contribution in [0.1, 0.15) is 45.0 Å². The van der Waals surface area contributed by atoms with Gasteiger partial charge in [0.1, 0.15) is 5.82 Å². The van der Waals surface area contributed by atoms with Gasteiger partial charge in [0.25, 0.3) is 0 Å². The molecule has 3 rings (SSSR count). The summed E-state index contributed by atoms with van der Waals surface area (Å²) in [5, 5.41) is 4.52. The van der Waals surface area contributed by atoms with Crippen LogP contribution in [0.3, 0.4) is 0 Å². The minimum absolute atomic E-state index is 0.0564. The van der Waals surface area contributed by atoms with Crippen LogP contribution in [-0.4, -0.2) is 37.3 Å². The van der Waals surface area contributed by atoms with E-state index in [1.807, 2.05) is 18.6 Å². The van der Waals surface area contributed by atoms with Gasteiger partial charge in [-0.1, -0.05) is 0 Å². The van der Waals surface area contributed by atoms with Crippen molar-refractivity contribution in [3.05, 3.63) is 36.2 Å². The van der Waals surface area contributed by atoms with Crippen LogP contribution < -0.4 is 0 Å². The molecule has 1 atom stereocenters. The van der Waals surface area contributed by atoms with Gasteiger partial charge in [0.05, 0.1) is 11.7 Å². The van der Waals surface area contributed by atoms with E-state index in [0.29, 0.717) is 5.92 Å². The first-order valence-electron chi connectivity index (χ1n) is 8.64. The number of rotatable bonds is 4. The molecule has 3 heterocycles. The van der Waals surface area contributed by atoms with Crippen molar-refractivity contribution in [2.75, 3.05) is 13.1 Å². The van der Waals surface area contributed by atoms with E-state index in [1.165, 1.54) is 30.8 Å². The molecule has 0 N–H and O–H groups in total. The van der Waals surface area contributed by atoms with Crippen molar-refractivity contribution in [1.82, 2.24) is 24.2 Å². The molecule has 23 heavy (non-hydrogen) atoms. The van der Waals surface area contributed by atoms with E-state index in [0.717, 1.165) is 19.5 Å². The molecule has 0 unspecified atom stereocenters. The van der Waals surface area contributed by atoms with Gasteiger partial charge in [0.2, 0.25) is 0 Å². The zero-order chi connectivity index (χ0) is 16.4. The molecule has 0 spiro atoms. The summed E-state index contributed by atoms with van der Waals surface area (Å²) in [6.07, 6.45) is 11.8. The fourth-order valence-corrected chi connectivity index (χ4v) is 3.38. The standard InChI is InChI=1S/C18H29N5/c1-18(2,3)23-14-16(11-20-23)13-22-8-5-6-15(12-22)10-17-19-7-9-21(17)4/h7,9,11,14-15H,5-6,8,10,12-13H2,1-4H3/t15-/m0/s1. The maximum atomic E-state index is 4.52. The summed E-state index contributed by atoms with van der Waals surface area (Å²) in [6, 6.07) is 0. The summed E-state index contributed by atoms with van der Waals surface area (Å²) in [5.41, 5.74) is 1.37. The molecular formula is C18H29N5. The van der Waals surface area contributed by atoms with Gasteiger partial charge in [0.15, 0.2) is 0 Å². The molecule has 2 aromatic rings. The Morgan fingerprint density at radius 3 is 2.78 bits per heavy atom. The molecule has 1 saturated heterocycles. The number of imidazole rings is 1. The Labute approximate surface area is 139 Å². The van der Waals surface area contributed by atoms with Crippen molar-refractivity contribution in [1.29, 1.82) is 0 Å². The molecule has 0 radical (unpaired) electrons. The maximum Gasteiger partial charge on any atom is 0.108 e. The monoisotopic (exact) mass is 315 g/mol. The van der Waals surface area contributed by atoms with Crippen molar-refractivity contribution in [3.63, 3.8) is 0 Å². The van der Waals surface area contributed by atoms with E-state index in [9.17, 15) is 0 Å². The van der Waals surface area contributed by atoms with Crippen LogP contribution in [0.25, 0.3) is 0 Å². The second-order valence-corrected chi connectivity index (χ2v) is 7.87. The molecule has 0 saturated carbocycles. The van der Waals surface area contributed by atoms with Crippen molar-refractivity contribution >= 4 is 0 Å². The van der Waals surface area contributed by atoms with E-state index in [-0.39, 0.29) is 5.54 Å². The van der Waals surface area contributed by atoms with Crippen LogP contribution in [-0.2, 0) is 25.6 Å². The molecule has 0 bridgehead atoms. The molecule has 0 aliphatic carbocycles. The summed E-state index contributed by atoms with van der Waals surface area (Å²) >= 11 is 0. The van der Waals surface area contributed by atoms with Gasteiger partial charge < -0.3 is 4.57 Å². The topological polar surface area (TPSA) is 38.9 Å². The van der Waals surface area contributed by atoms with Gasteiger partial charge in [-0.25, -0.2) is 4.98 Å². The Morgan fingerprint density at radius 1 is 1.30 bits per heavy atom. The molecule has 0 aromatic carbocycles. The molecule has 0 amide bonds. The van der Waals surface area contributed by atoms with E-state index in [1.54, 1.807) is 0 Å². The Balaban J connectivity index is 1.58. The smallest absolute Gasteiger partial charge is 0.108 e. The van der Waals surface area contributed by atoms with Crippen LogP contribution in [0.4, 0.5) is 0 Å². The first-order valence-corrected chi connectivity index (χ1v) is 8.64. The zero-order valence-electron chi connectivity index (χ0n) is 14.9. The molecule has 1 fully saturated rings. The first-order chi connectivity index (χ1) is 10.9. The summed E-state index contributed by atoms with van der Waals surface area (Å²) in [7, 11) is 2.09. The molecule has 1 aliphatic rings. The van der Waals surface area contributed by atoms with Crippen molar-refractivity contribution in [3.8, 4) is 0 Å². The minimum atomic E-state index is 0.0564. The Hall–Kier alpha value is -1.62. The summed E-state index contributed by atoms with van der Waals surface area (Å²) in [5.74, 6) is 1.92. The predicted octanol–water partition coefficient (Wildman–Crippen LogP) is 2.83. The molecule has 5 nitrogen and oxygen atoms in total. The summed E-state index contributed by atoms with van der Waals surface area (Å²) in [6.45, 7) is 9.92. The molecule has 2 aromatic heterocycles. The number of piperidine rings is 1. The Bertz CT molecular complexity index is 634. The largest absolute Gasteiger partial charge is 0.338 e. The van der Waals surface area contributed by atoms with Crippen LogP contribution in [0.2, 0.25) is 0 Å². The highest BCUT2D eigenvalue weighted by molar-refractivity contribution is 5.05. The number of nitrogens with zero attached hydrogens (tertiary/aromatic N) is 5. The van der Waals surface area contributed by atoms with E-state index >= 15 is 0 Å². The minimum Gasteiger partial charge on any atom is -0.338 e. The van der Waals surface area contributed by atoms with E-state index in [4.69, 9.17) is 0 Å². The number of aryl methyl sites for hydroxylation is 1. The van der Waals surface area contributed by atoms with Crippen LogP contribution in [0.15, 0.2) is 24.8 Å². The van der Waals surface area contributed by atoms with Crippen molar-refractivity contribution < 1.29 is 0 Å². The number of aromatic nitrogens is 4. The van der Waals surface area contributed by atoms with Gasteiger partial charge in [-0.15, -0.1) is 0 Å². The van der Waals surface area contributed by atoms with E-state index < -0.39 is 0 Å². The third-order valence-electron chi connectivity index (χ3n) is 4.72. The fraction of sp³-hybridized carbons (Fsp3) is 0.667. The fourth-order valence-electron chi connectivity index (χ4n) is 3.38. The lowest BCUT2D eigenvalue weighted by molar-refractivity contribution is 0.165. The van der Waals surface area contributed by atoms with Crippen molar-refractivity contribution in [2.24, 2.45) is 13.0 Å². The molecule has 5 heteroatoms. The highest BCUT2D eigenvalue weighted by atomic mass is 15.3. The zero-order valence-corrected chi connectivity index (χ0v) is 14.9. The van der Waals surface area contributed by atoms with Gasteiger partial charge in [0, 0.05) is 50.7 Å². The summed E-state index contributed by atoms with van der Waals surface area (Å²) in [4.78, 5) is 7.05. The van der Waals surface area contributed by atoms with Crippen molar-refractivity contribution in [2.45, 2.75) is 52.1 Å². The Kier molecular flexibility index (Phi) is 4.57. The van der Waals surface area contributed by atoms with E-state index in [2.05, 4.69) is 58.2 Å². The Morgan fingerprint density at radius 2 is 2.13 bits per heavy atom. The second-order valence-electron chi connectivity index (χ2n) is 7.87. The lowest BCUT2D eigenvalue weighted by atomic mass is 9.94. The molecule has 126 valence electrons. The van der Waals surface area contributed by atoms with Crippen LogP contribution in [0.5, 0.6) is 0 Å². The average molecular weight is 315 g/mol. The van der Waals surface area contributed by atoms with Crippen LogP contribution in [0, 0.1) is 5.92 Å². The molecular weight excluding hydrogens is 286 g/mol. The molecule has 1 aliphatic heterocycles. The quantitative estimate of drug-likeness (QED) is 0.871. The predicted molar refractivity (Wildman–Crippen MR) is 92.1 cm³/mol. The third-order valence-corrected chi connectivity index (χ3v) is 4.72. The van der Waals surface area contributed by atoms with Gasteiger partial charge >= 0.3 is 0 Å². The normalized spacial score (nSPS) is 20.1. The van der Waals surface area contributed by atoms with Crippen LogP contribution >= 0.6 is 0 Å². The third kappa shape index (κ3) is 4.02. The number of hydrogen-bond donors (Lipinski definition) is 0. The lowest BCUT2D eigenvalue weighted by Crippen LogP contribution is -2.36. The SMILES string of the molecule is Cn1ccnc1C[C@@H]1CCCN(Cc2cnn(C(C)(C)C)c2)C1. The highest BCUT2D eigenvalue weighted by Gasteiger charge is 2.22. The van der Waals surface area contributed by atoms with Gasteiger partial charge in [-0.2, -0.15) is 5.10 Å². The summed E-state index contributed by atoms with van der Waals surface area (Å²) < 4.78 is 4.21. The van der Waals surface area contributed by atoms with Gasteiger partial charge in [-0.05, 0) is 46.1 Å². The lowest BCUT2D eigenvalue weighted by Gasteiger charge is -2.32. The average Bonchev–Trinajstić information content (AvgIpc) is 3.09. The number of likely N-dealkylation sites (tertiary alicyclic amines) is 1. The van der Waals surface area contributed by atoms with Gasteiger partial charge in [-0.3, -0.25) is 9.58 Å². The number of hydrogen-bond acceptors (Lipinski definition) is 3. The first kappa shape index (κ1) is 16.2. The maximum absolute atomic E-state index is 4.52. The highest BCUT2D eigenvalue weighted by Crippen LogP contribution is 2.22.